The van der Waals surface area contributed by atoms with Crippen LogP contribution in [0.4, 0.5) is 10.1 Å². The van der Waals surface area contributed by atoms with E-state index in [0.717, 1.165) is 6.26 Å². The lowest BCUT2D eigenvalue weighted by atomic mass is 10.1. The first-order valence-electron chi connectivity index (χ1n) is 10.5. The number of benzene rings is 2. The number of carbonyl (C=O) groups is 1. The zero-order valence-electron chi connectivity index (χ0n) is 18.9. The number of ether oxygens (including phenoxy) is 1. The first-order valence-corrected chi connectivity index (χ1v) is 12.3. The molecule has 0 atom stereocenters. The molecule has 33 heavy (non-hydrogen) atoms. The summed E-state index contributed by atoms with van der Waals surface area (Å²) in [7, 11) is 0.299. The van der Waals surface area contributed by atoms with Crippen LogP contribution in [0.5, 0.6) is 5.75 Å². The van der Waals surface area contributed by atoms with Gasteiger partial charge in [-0.05, 0) is 50.5 Å². The predicted octanol–water partition coefficient (Wildman–Crippen LogP) is 2.00. The number of halogens is 1. The lowest BCUT2D eigenvalue weighted by Gasteiger charge is -2.36. The van der Waals surface area contributed by atoms with E-state index in [1.807, 2.05) is 30.0 Å². The van der Waals surface area contributed by atoms with Crippen molar-refractivity contribution < 1.29 is 22.3 Å². The third-order valence-corrected chi connectivity index (χ3v) is 6.50. The maximum atomic E-state index is 14.4. The smallest absolute Gasteiger partial charge is 0.257 e. The SMILES string of the molecule is CN(C)CCOc1ccc(S(C)(=O)=O)cc1C(=O)N1CCN(c2ccc(C#N)cc2F)CC1. The van der Waals surface area contributed by atoms with E-state index in [1.165, 1.54) is 24.3 Å². The van der Waals surface area contributed by atoms with E-state index in [0.29, 0.717) is 50.8 Å². The number of sulfone groups is 1. The molecular weight excluding hydrogens is 447 g/mol. The van der Waals surface area contributed by atoms with Crippen LogP contribution >= 0.6 is 0 Å². The third kappa shape index (κ3) is 6.00. The van der Waals surface area contributed by atoms with Crippen LogP contribution < -0.4 is 9.64 Å². The van der Waals surface area contributed by atoms with Crippen LogP contribution in [0.3, 0.4) is 0 Å². The fraction of sp³-hybridized carbons (Fsp3) is 0.391. The second kappa shape index (κ2) is 10.2. The van der Waals surface area contributed by atoms with Gasteiger partial charge in [0.1, 0.15) is 18.2 Å². The quantitative estimate of drug-likeness (QED) is 0.606. The second-order valence-corrected chi connectivity index (χ2v) is 10.2. The van der Waals surface area contributed by atoms with Crippen LogP contribution in [0.25, 0.3) is 0 Å². The van der Waals surface area contributed by atoms with Crippen molar-refractivity contribution in [3.05, 3.63) is 53.3 Å². The monoisotopic (exact) mass is 474 g/mol. The summed E-state index contributed by atoms with van der Waals surface area (Å²) in [4.78, 5) is 18.7. The van der Waals surface area contributed by atoms with Gasteiger partial charge in [0.15, 0.2) is 9.84 Å². The predicted molar refractivity (Wildman–Crippen MR) is 123 cm³/mol. The number of nitrogens with zero attached hydrogens (tertiary/aromatic N) is 4. The number of nitriles is 1. The number of anilines is 1. The maximum Gasteiger partial charge on any atom is 0.257 e. The molecule has 1 amide bonds. The van der Waals surface area contributed by atoms with E-state index in [9.17, 15) is 17.6 Å². The van der Waals surface area contributed by atoms with Gasteiger partial charge in [0.2, 0.25) is 0 Å². The van der Waals surface area contributed by atoms with E-state index in [4.69, 9.17) is 10.00 Å². The van der Waals surface area contributed by atoms with E-state index in [1.54, 1.807) is 17.0 Å². The Kier molecular flexibility index (Phi) is 7.56. The van der Waals surface area contributed by atoms with E-state index in [2.05, 4.69) is 0 Å². The number of likely N-dealkylation sites (N-methyl/N-ethyl adjacent to an activating group) is 1. The highest BCUT2D eigenvalue weighted by atomic mass is 32.2. The van der Waals surface area contributed by atoms with Crippen molar-refractivity contribution in [1.29, 1.82) is 5.26 Å². The molecule has 2 aromatic carbocycles. The van der Waals surface area contributed by atoms with Crippen molar-refractivity contribution in [2.24, 2.45) is 0 Å². The van der Waals surface area contributed by atoms with Gasteiger partial charge < -0.3 is 19.4 Å². The number of hydrogen-bond donors (Lipinski definition) is 0. The zero-order valence-corrected chi connectivity index (χ0v) is 19.7. The minimum absolute atomic E-state index is 0.0455. The molecule has 0 bridgehead atoms. The first-order chi connectivity index (χ1) is 15.6. The van der Waals surface area contributed by atoms with Crippen LogP contribution in [0.15, 0.2) is 41.3 Å². The molecule has 3 rings (SSSR count). The number of rotatable bonds is 7. The van der Waals surface area contributed by atoms with E-state index < -0.39 is 15.7 Å². The van der Waals surface area contributed by atoms with Gasteiger partial charge in [-0.15, -0.1) is 0 Å². The molecule has 0 aliphatic carbocycles. The lowest BCUT2D eigenvalue weighted by molar-refractivity contribution is 0.0741. The van der Waals surface area contributed by atoms with Gasteiger partial charge in [-0.1, -0.05) is 0 Å². The fourth-order valence-electron chi connectivity index (χ4n) is 3.52. The number of hydrogen-bond acceptors (Lipinski definition) is 7. The molecule has 176 valence electrons. The lowest BCUT2D eigenvalue weighted by Crippen LogP contribution is -2.49. The Morgan fingerprint density at radius 3 is 2.42 bits per heavy atom. The molecule has 0 spiro atoms. The maximum absolute atomic E-state index is 14.4. The molecule has 1 aliphatic rings. The molecule has 1 heterocycles. The molecule has 0 N–H and O–H groups in total. The summed E-state index contributed by atoms with van der Waals surface area (Å²) in [5.74, 6) is -0.485. The topological polar surface area (TPSA) is 93.9 Å². The number of piperazine rings is 1. The highest BCUT2D eigenvalue weighted by Crippen LogP contribution is 2.26. The Bertz CT molecular complexity index is 1170. The Morgan fingerprint density at radius 2 is 1.85 bits per heavy atom. The minimum atomic E-state index is -3.50. The van der Waals surface area contributed by atoms with Crippen molar-refractivity contribution in [2.45, 2.75) is 4.90 Å². The van der Waals surface area contributed by atoms with Gasteiger partial charge in [-0.3, -0.25) is 4.79 Å². The fourth-order valence-corrected chi connectivity index (χ4v) is 4.17. The Hall–Kier alpha value is -3.16. The molecule has 2 aromatic rings. The number of amides is 1. The summed E-state index contributed by atoms with van der Waals surface area (Å²) >= 11 is 0. The highest BCUT2D eigenvalue weighted by molar-refractivity contribution is 7.90. The second-order valence-electron chi connectivity index (χ2n) is 8.14. The molecule has 0 unspecified atom stereocenters. The van der Waals surface area contributed by atoms with Gasteiger partial charge in [-0.2, -0.15) is 5.26 Å². The first kappa shape index (κ1) is 24.5. The highest BCUT2D eigenvalue weighted by Gasteiger charge is 2.27. The summed E-state index contributed by atoms with van der Waals surface area (Å²) in [6.07, 6.45) is 1.09. The standard InChI is InChI=1S/C23H27FN4O4S/c1-26(2)12-13-32-22-7-5-18(33(3,30)31)15-19(22)23(29)28-10-8-27(9-11-28)21-6-4-17(16-25)14-20(21)24/h4-7,14-15H,8-13H2,1-3H3. The van der Waals surface area contributed by atoms with Gasteiger partial charge in [0, 0.05) is 39.0 Å². The summed E-state index contributed by atoms with van der Waals surface area (Å²) < 4.78 is 44.2. The van der Waals surface area contributed by atoms with E-state index in [-0.39, 0.29) is 21.9 Å². The molecule has 1 saturated heterocycles. The van der Waals surface area contributed by atoms with Gasteiger partial charge >= 0.3 is 0 Å². The largest absolute Gasteiger partial charge is 0.491 e. The molecule has 1 fully saturated rings. The average molecular weight is 475 g/mol. The zero-order chi connectivity index (χ0) is 24.2. The van der Waals surface area contributed by atoms with Gasteiger partial charge in [-0.25, -0.2) is 12.8 Å². The molecular formula is C23H27FN4O4S. The van der Waals surface area contributed by atoms with Crippen LogP contribution in [-0.4, -0.2) is 83.8 Å². The van der Waals surface area contributed by atoms with Crippen molar-refractivity contribution in [3.63, 3.8) is 0 Å². The van der Waals surface area contributed by atoms with Crippen molar-refractivity contribution in [2.75, 3.05) is 64.6 Å². The Labute approximate surface area is 193 Å². The average Bonchev–Trinajstić information content (AvgIpc) is 2.78. The van der Waals surface area contributed by atoms with Gasteiger partial charge in [0.25, 0.3) is 5.91 Å². The Morgan fingerprint density at radius 1 is 1.15 bits per heavy atom. The molecule has 8 nitrogen and oxygen atoms in total. The van der Waals surface area contributed by atoms with Crippen LogP contribution in [0, 0.1) is 17.1 Å². The van der Waals surface area contributed by atoms with E-state index >= 15 is 0 Å². The number of carbonyl (C=O) groups excluding carboxylic acids is 1. The van der Waals surface area contributed by atoms with Crippen molar-refractivity contribution >= 4 is 21.4 Å². The summed E-state index contributed by atoms with van der Waals surface area (Å²) in [5, 5.41) is 8.92. The van der Waals surface area contributed by atoms with Gasteiger partial charge in [0.05, 0.1) is 27.8 Å². The summed E-state index contributed by atoms with van der Waals surface area (Å²) in [6.45, 7) is 2.44. The van der Waals surface area contributed by atoms with Crippen LogP contribution in [0.1, 0.15) is 15.9 Å². The molecule has 0 saturated carbocycles. The molecule has 0 radical (unpaired) electrons. The normalized spacial score (nSPS) is 14.3. The summed E-state index contributed by atoms with van der Waals surface area (Å²) in [5.41, 5.74) is 0.820. The minimum Gasteiger partial charge on any atom is -0.491 e. The van der Waals surface area contributed by atoms with Crippen molar-refractivity contribution in [3.8, 4) is 11.8 Å². The molecule has 10 heteroatoms. The Balaban J connectivity index is 1.78. The van der Waals surface area contributed by atoms with Crippen molar-refractivity contribution in [1.82, 2.24) is 9.80 Å². The molecule has 0 aromatic heterocycles. The van der Waals surface area contributed by atoms with Crippen LogP contribution in [0.2, 0.25) is 0 Å². The van der Waals surface area contributed by atoms with Crippen LogP contribution in [-0.2, 0) is 9.84 Å². The molecule has 1 aliphatic heterocycles. The third-order valence-electron chi connectivity index (χ3n) is 5.39. The summed E-state index contributed by atoms with van der Waals surface area (Å²) in [6, 6.07) is 10.5.